The zero-order valence-corrected chi connectivity index (χ0v) is 21.4. The number of nitrogens with zero attached hydrogens (tertiary/aromatic N) is 1. The molecule has 0 saturated heterocycles. The predicted molar refractivity (Wildman–Crippen MR) is 133 cm³/mol. The minimum absolute atomic E-state index is 0.0610. The van der Waals surface area contributed by atoms with Crippen molar-refractivity contribution >= 4 is 44.3 Å². The van der Waals surface area contributed by atoms with Gasteiger partial charge in [0, 0.05) is 28.8 Å². The lowest BCUT2D eigenvalue weighted by Crippen LogP contribution is -2.48. The Morgan fingerprint density at radius 1 is 1.14 bits per heavy atom. The van der Waals surface area contributed by atoms with Gasteiger partial charge in [-0.05, 0) is 64.4 Å². The standard InChI is InChI=1S/C22H23F2IN4O5S/c1-35(32,33)29-21-10-20(34-28-21)22(31)27-18(8-14-5-15(23)9-16(24)6-14)19(30)12-26-11-13-3-2-4-17(25)7-13/h2-7,9-10,18-19,26,30H,8,11-12H2,1H3,(H,27,31)(H,28,29)/t18-,19+/m0/s1. The summed E-state index contributed by atoms with van der Waals surface area (Å²) >= 11 is 2.19. The van der Waals surface area contributed by atoms with E-state index in [1.54, 1.807) is 0 Å². The van der Waals surface area contributed by atoms with E-state index < -0.39 is 39.7 Å². The summed E-state index contributed by atoms with van der Waals surface area (Å²) in [6.45, 7) is 0.511. The number of sulfonamides is 1. The van der Waals surface area contributed by atoms with Crippen LogP contribution in [0.5, 0.6) is 0 Å². The molecule has 1 amide bonds. The zero-order chi connectivity index (χ0) is 25.6. The molecule has 0 spiro atoms. The lowest BCUT2D eigenvalue weighted by atomic mass is 10.0. The molecule has 1 heterocycles. The number of carbonyl (C=O) groups excluding carboxylic acids is 1. The third-order valence-electron chi connectivity index (χ3n) is 4.75. The Kier molecular flexibility index (Phi) is 9.15. The normalized spacial score (nSPS) is 13.3. The number of aliphatic hydroxyl groups excluding tert-OH is 1. The number of rotatable bonds is 11. The summed E-state index contributed by atoms with van der Waals surface area (Å²) in [5, 5.41) is 19.9. The number of aromatic nitrogens is 1. The van der Waals surface area contributed by atoms with Gasteiger partial charge in [0.25, 0.3) is 5.91 Å². The quantitative estimate of drug-likeness (QED) is 0.242. The van der Waals surface area contributed by atoms with Crippen LogP contribution >= 0.6 is 22.6 Å². The highest BCUT2D eigenvalue weighted by molar-refractivity contribution is 14.1. The summed E-state index contributed by atoms with van der Waals surface area (Å²) in [5.41, 5.74) is 1.21. The van der Waals surface area contributed by atoms with E-state index in [0.29, 0.717) is 6.54 Å². The van der Waals surface area contributed by atoms with Gasteiger partial charge in [-0.1, -0.05) is 17.3 Å². The van der Waals surface area contributed by atoms with E-state index in [0.717, 1.165) is 39.7 Å². The molecule has 0 aliphatic carbocycles. The molecule has 188 valence electrons. The van der Waals surface area contributed by atoms with Crippen molar-refractivity contribution in [2.75, 3.05) is 17.5 Å². The van der Waals surface area contributed by atoms with Crippen LogP contribution in [-0.4, -0.2) is 49.5 Å². The molecule has 0 aliphatic rings. The van der Waals surface area contributed by atoms with Gasteiger partial charge in [-0.3, -0.25) is 9.52 Å². The van der Waals surface area contributed by atoms with Crippen molar-refractivity contribution in [1.29, 1.82) is 0 Å². The van der Waals surface area contributed by atoms with Crippen LogP contribution in [-0.2, 0) is 23.0 Å². The van der Waals surface area contributed by atoms with Crippen LogP contribution in [0.1, 0.15) is 21.7 Å². The lowest BCUT2D eigenvalue weighted by Gasteiger charge is -2.24. The first-order valence-electron chi connectivity index (χ1n) is 10.3. The van der Waals surface area contributed by atoms with E-state index in [9.17, 15) is 27.1 Å². The van der Waals surface area contributed by atoms with Crippen LogP contribution in [0.3, 0.4) is 0 Å². The average Bonchev–Trinajstić information content (AvgIpc) is 3.19. The first kappa shape index (κ1) is 27.0. The van der Waals surface area contributed by atoms with Crippen LogP contribution in [0, 0.1) is 15.2 Å². The molecule has 4 N–H and O–H groups in total. The average molecular weight is 620 g/mol. The molecule has 0 radical (unpaired) electrons. The van der Waals surface area contributed by atoms with Gasteiger partial charge in [0.2, 0.25) is 15.8 Å². The molecule has 35 heavy (non-hydrogen) atoms. The Morgan fingerprint density at radius 3 is 2.51 bits per heavy atom. The van der Waals surface area contributed by atoms with Gasteiger partial charge in [-0.15, -0.1) is 0 Å². The van der Waals surface area contributed by atoms with E-state index in [1.807, 2.05) is 24.3 Å². The molecule has 9 nitrogen and oxygen atoms in total. The van der Waals surface area contributed by atoms with Gasteiger partial charge in [0.05, 0.1) is 18.4 Å². The van der Waals surface area contributed by atoms with Crippen molar-refractivity contribution < 1.29 is 31.6 Å². The third-order valence-corrected chi connectivity index (χ3v) is 6.01. The molecule has 0 unspecified atom stereocenters. The predicted octanol–water partition coefficient (Wildman–Crippen LogP) is 2.42. The van der Waals surface area contributed by atoms with Crippen LogP contribution < -0.4 is 15.4 Å². The SMILES string of the molecule is CS(=O)(=O)Nc1cc(C(=O)N[C@@H](Cc2cc(F)cc(F)c2)[C@H](O)CNCc2cccc(I)c2)on1. The van der Waals surface area contributed by atoms with Gasteiger partial charge < -0.3 is 20.3 Å². The van der Waals surface area contributed by atoms with Crippen molar-refractivity contribution in [1.82, 2.24) is 15.8 Å². The fraction of sp³-hybridized carbons (Fsp3) is 0.273. The maximum absolute atomic E-state index is 13.7. The van der Waals surface area contributed by atoms with Crippen LogP contribution in [0.2, 0.25) is 0 Å². The number of hydrogen-bond donors (Lipinski definition) is 4. The highest BCUT2D eigenvalue weighted by atomic mass is 127. The molecular weight excluding hydrogens is 597 g/mol. The Morgan fingerprint density at radius 2 is 1.86 bits per heavy atom. The minimum atomic E-state index is -3.63. The zero-order valence-electron chi connectivity index (χ0n) is 18.5. The number of hydrogen-bond acceptors (Lipinski definition) is 7. The van der Waals surface area contributed by atoms with E-state index >= 15 is 0 Å². The fourth-order valence-corrected chi connectivity index (χ4v) is 4.36. The minimum Gasteiger partial charge on any atom is -0.390 e. The van der Waals surface area contributed by atoms with E-state index in [4.69, 9.17) is 4.52 Å². The summed E-state index contributed by atoms with van der Waals surface area (Å²) < 4.78 is 58.0. The van der Waals surface area contributed by atoms with Gasteiger partial charge >= 0.3 is 0 Å². The van der Waals surface area contributed by atoms with Crippen LogP contribution in [0.25, 0.3) is 0 Å². The molecule has 0 saturated carbocycles. The van der Waals surface area contributed by atoms with E-state index in [-0.39, 0.29) is 30.1 Å². The van der Waals surface area contributed by atoms with Crippen molar-refractivity contribution in [3.05, 3.63) is 80.6 Å². The van der Waals surface area contributed by atoms with Crippen molar-refractivity contribution in [3.8, 4) is 0 Å². The largest absolute Gasteiger partial charge is 0.390 e. The maximum atomic E-state index is 13.7. The Labute approximate surface area is 214 Å². The number of benzene rings is 2. The van der Waals surface area contributed by atoms with Crippen LogP contribution in [0.15, 0.2) is 53.1 Å². The molecule has 3 aromatic rings. The van der Waals surface area contributed by atoms with Gasteiger partial charge in [-0.2, -0.15) is 0 Å². The topological polar surface area (TPSA) is 134 Å². The monoisotopic (exact) mass is 620 g/mol. The molecule has 3 rings (SSSR count). The lowest BCUT2D eigenvalue weighted by molar-refractivity contribution is 0.0797. The summed E-state index contributed by atoms with van der Waals surface area (Å²) in [6, 6.07) is 10.8. The number of halogens is 3. The third kappa shape index (κ3) is 8.83. The van der Waals surface area contributed by atoms with E-state index in [1.165, 1.54) is 0 Å². The fourth-order valence-electron chi connectivity index (χ4n) is 3.28. The molecule has 2 atom stereocenters. The Bertz CT molecular complexity index is 1270. The number of amides is 1. The second kappa shape index (κ2) is 11.9. The van der Waals surface area contributed by atoms with Crippen molar-refractivity contribution in [2.24, 2.45) is 0 Å². The summed E-state index contributed by atoms with van der Waals surface area (Å²) in [4.78, 5) is 12.7. The van der Waals surface area contributed by atoms with Gasteiger partial charge in [-0.25, -0.2) is 17.2 Å². The van der Waals surface area contributed by atoms with Gasteiger partial charge in [0.1, 0.15) is 11.6 Å². The molecule has 13 heteroatoms. The summed E-state index contributed by atoms with van der Waals surface area (Å²) in [5.74, 6) is -2.88. The summed E-state index contributed by atoms with van der Waals surface area (Å²) in [6.07, 6.45) is -0.325. The number of carbonyl (C=O) groups is 1. The van der Waals surface area contributed by atoms with Crippen molar-refractivity contribution in [3.63, 3.8) is 0 Å². The Hall–Kier alpha value is -2.62. The first-order chi connectivity index (χ1) is 16.5. The number of nitrogens with one attached hydrogen (secondary N) is 3. The first-order valence-corrected chi connectivity index (χ1v) is 13.3. The maximum Gasteiger partial charge on any atom is 0.290 e. The summed E-state index contributed by atoms with van der Waals surface area (Å²) in [7, 11) is -3.63. The highest BCUT2D eigenvalue weighted by Crippen LogP contribution is 2.15. The Balaban J connectivity index is 1.71. The van der Waals surface area contributed by atoms with Crippen LogP contribution in [0.4, 0.5) is 14.6 Å². The second-order valence-electron chi connectivity index (χ2n) is 7.84. The smallest absolute Gasteiger partial charge is 0.290 e. The molecular formula is C22H23F2IN4O5S. The molecule has 2 aromatic carbocycles. The number of aliphatic hydroxyl groups is 1. The molecule has 0 aliphatic heterocycles. The van der Waals surface area contributed by atoms with Crippen molar-refractivity contribution in [2.45, 2.75) is 25.1 Å². The second-order valence-corrected chi connectivity index (χ2v) is 10.8. The highest BCUT2D eigenvalue weighted by Gasteiger charge is 2.25. The molecule has 0 fully saturated rings. The van der Waals surface area contributed by atoms with E-state index in [2.05, 4.69) is 43.1 Å². The van der Waals surface area contributed by atoms with Gasteiger partial charge in [0.15, 0.2) is 5.82 Å². The number of anilines is 1. The molecule has 0 bridgehead atoms. The molecule has 1 aromatic heterocycles.